The highest BCUT2D eigenvalue weighted by Gasteiger charge is 2.33. The van der Waals surface area contributed by atoms with Crippen LogP contribution in [0.2, 0.25) is 10.0 Å². The van der Waals surface area contributed by atoms with Crippen molar-refractivity contribution in [3.05, 3.63) is 99.8 Å². The van der Waals surface area contributed by atoms with Gasteiger partial charge in [-0.05, 0) is 57.0 Å². The van der Waals surface area contributed by atoms with Gasteiger partial charge in [0.2, 0.25) is 21.8 Å². The zero-order valence-corrected chi connectivity index (χ0v) is 26.4. The first kappa shape index (κ1) is 33.4. The summed E-state index contributed by atoms with van der Waals surface area (Å²) in [5.41, 5.74) is 0.661. The van der Waals surface area contributed by atoms with Crippen LogP contribution in [0, 0.1) is 5.82 Å². The van der Waals surface area contributed by atoms with E-state index in [9.17, 15) is 22.4 Å². The smallest absolute Gasteiger partial charge is 0.243 e. The van der Waals surface area contributed by atoms with Crippen molar-refractivity contribution in [2.45, 2.75) is 58.2 Å². The maximum atomic E-state index is 14.5. The standard InChI is InChI=1S/C31H36Cl2FN3O4S/c1-31(2,3)35-30(39)28(20-22-12-6-5-7-13-22)36(21-23-24(32)14-10-15-25(23)33)29(38)18-11-19-37(42(4,40)41)27-17-9-8-16-26(27)34/h5-10,12-17,28H,11,18-21H2,1-4H3,(H,35,39)/t28-/m1/s1. The number of hydrogen-bond acceptors (Lipinski definition) is 4. The number of nitrogens with one attached hydrogen (secondary N) is 1. The number of carbonyl (C=O) groups is 2. The van der Waals surface area contributed by atoms with Crippen LogP contribution in [0.5, 0.6) is 0 Å². The van der Waals surface area contributed by atoms with Gasteiger partial charge in [-0.25, -0.2) is 12.8 Å². The lowest BCUT2D eigenvalue weighted by atomic mass is 10.00. The second-order valence-corrected chi connectivity index (χ2v) is 13.8. The Hall–Kier alpha value is -3.14. The molecule has 0 unspecified atom stereocenters. The van der Waals surface area contributed by atoms with Crippen LogP contribution in [-0.4, -0.2) is 49.5 Å². The topological polar surface area (TPSA) is 86.8 Å². The third-order valence-corrected chi connectivity index (χ3v) is 8.32. The first-order valence-electron chi connectivity index (χ1n) is 13.5. The number of carbonyl (C=O) groups excluding carboxylic acids is 2. The van der Waals surface area contributed by atoms with E-state index in [1.54, 1.807) is 24.3 Å². The van der Waals surface area contributed by atoms with Crippen molar-refractivity contribution in [1.82, 2.24) is 10.2 Å². The van der Waals surface area contributed by atoms with E-state index in [-0.39, 0.29) is 43.9 Å². The van der Waals surface area contributed by atoms with E-state index in [2.05, 4.69) is 5.32 Å². The van der Waals surface area contributed by atoms with E-state index in [0.717, 1.165) is 16.1 Å². The first-order valence-corrected chi connectivity index (χ1v) is 16.1. The normalized spacial score (nSPS) is 12.5. The third kappa shape index (κ3) is 9.44. The fourth-order valence-corrected chi connectivity index (χ4v) is 5.98. The van der Waals surface area contributed by atoms with Crippen molar-refractivity contribution < 1.29 is 22.4 Å². The monoisotopic (exact) mass is 635 g/mol. The molecule has 3 aromatic carbocycles. The van der Waals surface area contributed by atoms with Crippen LogP contribution >= 0.6 is 23.2 Å². The number of anilines is 1. The summed E-state index contributed by atoms with van der Waals surface area (Å²) in [5.74, 6) is -1.45. The van der Waals surface area contributed by atoms with Gasteiger partial charge >= 0.3 is 0 Å². The van der Waals surface area contributed by atoms with Gasteiger partial charge in [0.05, 0.1) is 11.9 Å². The minimum Gasteiger partial charge on any atom is -0.350 e. The second-order valence-electron chi connectivity index (χ2n) is 11.1. The molecule has 2 amide bonds. The second kappa shape index (κ2) is 14.4. The molecule has 0 saturated heterocycles. The molecule has 0 aliphatic carbocycles. The maximum absolute atomic E-state index is 14.5. The molecule has 1 atom stereocenters. The molecule has 3 aromatic rings. The van der Waals surface area contributed by atoms with Crippen LogP contribution < -0.4 is 9.62 Å². The van der Waals surface area contributed by atoms with E-state index in [0.29, 0.717) is 15.6 Å². The van der Waals surface area contributed by atoms with Crippen molar-refractivity contribution in [3.63, 3.8) is 0 Å². The van der Waals surface area contributed by atoms with E-state index >= 15 is 0 Å². The highest BCUT2D eigenvalue weighted by Crippen LogP contribution is 2.28. The number of hydrogen-bond donors (Lipinski definition) is 1. The number of amides is 2. The zero-order valence-electron chi connectivity index (χ0n) is 24.1. The Morgan fingerprint density at radius 1 is 0.929 bits per heavy atom. The van der Waals surface area contributed by atoms with Gasteiger partial charge in [-0.2, -0.15) is 0 Å². The van der Waals surface area contributed by atoms with Crippen molar-refractivity contribution in [2.75, 3.05) is 17.1 Å². The summed E-state index contributed by atoms with van der Waals surface area (Å²) in [4.78, 5) is 29.1. The predicted molar refractivity (Wildman–Crippen MR) is 167 cm³/mol. The number of benzene rings is 3. The highest BCUT2D eigenvalue weighted by atomic mass is 35.5. The molecule has 0 aliphatic rings. The molecule has 11 heteroatoms. The fourth-order valence-electron chi connectivity index (χ4n) is 4.50. The van der Waals surface area contributed by atoms with Gasteiger partial charge in [-0.3, -0.25) is 13.9 Å². The summed E-state index contributed by atoms with van der Waals surface area (Å²) in [7, 11) is -3.84. The third-order valence-electron chi connectivity index (χ3n) is 6.43. The number of para-hydroxylation sites is 1. The Morgan fingerprint density at radius 2 is 1.52 bits per heavy atom. The number of halogens is 3. The van der Waals surface area contributed by atoms with Crippen molar-refractivity contribution in [3.8, 4) is 0 Å². The minimum atomic E-state index is -3.84. The first-order chi connectivity index (χ1) is 19.7. The van der Waals surface area contributed by atoms with Crippen LogP contribution in [0.4, 0.5) is 10.1 Å². The SMILES string of the molecule is CC(C)(C)NC(=O)[C@@H](Cc1ccccc1)N(Cc1c(Cl)cccc1Cl)C(=O)CCCN(c1ccccc1F)S(C)(=O)=O. The van der Waals surface area contributed by atoms with E-state index < -0.39 is 33.3 Å². The van der Waals surface area contributed by atoms with Crippen LogP contribution in [0.25, 0.3) is 0 Å². The molecule has 0 radical (unpaired) electrons. The Morgan fingerprint density at radius 3 is 2.10 bits per heavy atom. The van der Waals surface area contributed by atoms with Gasteiger partial charge in [-0.1, -0.05) is 71.7 Å². The molecule has 7 nitrogen and oxygen atoms in total. The zero-order chi connectivity index (χ0) is 31.1. The Labute approximate surface area is 257 Å². The number of nitrogens with zero attached hydrogens (tertiary/aromatic N) is 2. The van der Waals surface area contributed by atoms with Crippen LogP contribution in [0.3, 0.4) is 0 Å². The molecule has 42 heavy (non-hydrogen) atoms. The molecular weight excluding hydrogens is 600 g/mol. The molecular formula is C31H36Cl2FN3O4S. The van der Waals surface area contributed by atoms with Crippen molar-refractivity contribution in [2.24, 2.45) is 0 Å². The lowest BCUT2D eigenvalue weighted by molar-refractivity contribution is -0.142. The molecule has 0 aliphatic heterocycles. The summed E-state index contributed by atoms with van der Waals surface area (Å²) >= 11 is 13.0. The largest absolute Gasteiger partial charge is 0.350 e. The predicted octanol–water partition coefficient (Wildman–Crippen LogP) is 6.23. The lowest BCUT2D eigenvalue weighted by Gasteiger charge is -2.34. The van der Waals surface area contributed by atoms with Gasteiger partial charge < -0.3 is 10.2 Å². The Kier molecular flexibility index (Phi) is 11.4. The number of rotatable bonds is 12. The Bertz CT molecular complexity index is 1480. The summed E-state index contributed by atoms with van der Waals surface area (Å²) in [6.45, 7) is 5.37. The summed E-state index contributed by atoms with van der Waals surface area (Å²) in [6.07, 6.45) is 1.17. The van der Waals surface area contributed by atoms with Crippen LogP contribution in [0.15, 0.2) is 72.8 Å². The molecule has 0 saturated carbocycles. The molecule has 0 spiro atoms. The average molecular weight is 637 g/mol. The Balaban J connectivity index is 1.96. The van der Waals surface area contributed by atoms with E-state index in [1.165, 1.54) is 23.1 Å². The molecule has 0 heterocycles. The van der Waals surface area contributed by atoms with Gasteiger partial charge in [0.25, 0.3) is 0 Å². The molecule has 0 bridgehead atoms. The van der Waals surface area contributed by atoms with Crippen molar-refractivity contribution >= 4 is 50.7 Å². The van der Waals surface area contributed by atoms with Gasteiger partial charge in [-0.15, -0.1) is 0 Å². The van der Waals surface area contributed by atoms with Gasteiger partial charge in [0.1, 0.15) is 11.9 Å². The summed E-state index contributed by atoms with van der Waals surface area (Å²) in [5, 5.41) is 3.67. The number of sulfonamides is 1. The van der Waals surface area contributed by atoms with E-state index in [4.69, 9.17) is 23.2 Å². The molecule has 0 fully saturated rings. The van der Waals surface area contributed by atoms with Crippen LogP contribution in [0.1, 0.15) is 44.7 Å². The van der Waals surface area contributed by atoms with Gasteiger partial charge in [0.15, 0.2) is 0 Å². The van der Waals surface area contributed by atoms with E-state index in [1.807, 2.05) is 51.1 Å². The van der Waals surface area contributed by atoms with Crippen LogP contribution in [-0.2, 0) is 32.6 Å². The quantitative estimate of drug-likeness (QED) is 0.255. The van der Waals surface area contributed by atoms with Gasteiger partial charge in [0, 0.05) is 47.1 Å². The average Bonchev–Trinajstić information content (AvgIpc) is 2.89. The molecule has 226 valence electrons. The summed E-state index contributed by atoms with van der Waals surface area (Å²) in [6, 6.07) is 19.0. The summed E-state index contributed by atoms with van der Waals surface area (Å²) < 4.78 is 40.5. The van der Waals surface area contributed by atoms with Crippen molar-refractivity contribution in [1.29, 1.82) is 0 Å². The highest BCUT2D eigenvalue weighted by molar-refractivity contribution is 7.92. The maximum Gasteiger partial charge on any atom is 0.243 e. The fraction of sp³-hybridized carbons (Fsp3) is 0.355. The molecule has 0 aromatic heterocycles. The minimum absolute atomic E-state index is 0.0461. The molecule has 3 rings (SSSR count). The lowest BCUT2D eigenvalue weighted by Crippen LogP contribution is -2.54. The molecule has 1 N–H and O–H groups in total.